The van der Waals surface area contributed by atoms with E-state index >= 15 is 0 Å². The van der Waals surface area contributed by atoms with Gasteiger partial charge < -0.3 is 16.9 Å². The molecule has 0 bridgehead atoms. The number of anilines is 3. The lowest BCUT2D eigenvalue weighted by atomic mass is 10.0. The molecular formula is C13H15N7. The first-order valence-corrected chi connectivity index (χ1v) is 6.11. The van der Waals surface area contributed by atoms with Crippen molar-refractivity contribution in [3.05, 3.63) is 41.6 Å². The van der Waals surface area contributed by atoms with Crippen LogP contribution in [0.25, 0.3) is 10.9 Å². The van der Waals surface area contributed by atoms with Gasteiger partial charge in [0.05, 0.1) is 17.4 Å². The highest BCUT2D eigenvalue weighted by Crippen LogP contribution is 2.25. The van der Waals surface area contributed by atoms with E-state index in [9.17, 15) is 0 Å². The minimum Gasteiger partial charge on any atom is -0.395 e. The first kappa shape index (κ1) is 12.2. The van der Waals surface area contributed by atoms with Gasteiger partial charge in [-0.1, -0.05) is 6.07 Å². The van der Waals surface area contributed by atoms with Crippen LogP contribution in [0.2, 0.25) is 0 Å². The van der Waals surface area contributed by atoms with E-state index in [1.165, 1.54) is 0 Å². The second kappa shape index (κ2) is 4.71. The van der Waals surface area contributed by atoms with E-state index < -0.39 is 0 Å². The Labute approximate surface area is 115 Å². The van der Waals surface area contributed by atoms with Crippen LogP contribution in [0, 0.1) is 0 Å². The van der Waals surface area contributed by atoms with E-state index in [0.717, 1.165) is 22.0 Å². The van der Waals surface area contributed by atoms with E-state index in [-0.39, 0.29) is 0 Å². The van der Waals surface area contributed by atoms with Crippen molar-refractivity contribution in [1.29, 1.82) is 0 Å². The topological polar surface area (TPSA) is 132 Å². The van der Waals surface area contributed by atoms with Gasteiger partial charge in [0.1, 0.15) is 5.82 Å². The van der Waals surface area contributed by atoms with E-state index in [1.807, 2.05) is 12.1 Å². The Kier molecular flexibility index (Phi) is 2.88. The summed E-state index contributed by atoms with van der Waals surface area (Å²) in [6.07, 6.45) is 2.43. The van der Waals surface area contributed by atoms with Crippen LogP contribution in [-0.2, 0) is 6.42 Å². The number of hydrogen-bond acceptors (Lipinski definition) is 6. The summed E-state index contributed by atoms with van der Waals surface area (Å²) in [6, 6.07) is 7.83. The number of pyridine rings is 1. The summed E-state index contributed by atoms with van der Waals surface area (Å²) in [5.74, 6) is 6.16. The summed E-state index contributed by atoms with van der Waals surface area (Å²) in [4.78, 5) is 4.04. The fraction of sp³-hybridized carbons (Fsp3) is 0.0769. The molecule has 20 heavy (non-hydrogen) atoms. The predicted octanol–water partition coefficient (Wildman–Crippen LogP) is 0.999. The number of fused-ring (bicyclic) bond motifs is 1. The first-order valence-electron chi connectivity index (χ1n) is 6.11. The smallest absolute Gasteiger partial charge is 0.165 e. The fourth-order valence-electron chi connectivity index (χ4n) is 2.21. The summed E-state index contributed by atoms with van der Waals surface area (Å²) < 4.78 is 0. The highest BCUT2D eigenvalue weighted by molar-refractivity contribution is 5.79. The quantitative estimate of drug-likeness (QED) is 0.356. The van der Waals surface area contributed by atoms with Crippen LogP contribution in [0.15, 0.2) is 30.5 Å². The Hall–Kier alpha value is -2.80. The van der Waals surface area contributed by atoms with Crippen LogP contribution >= 0.6 is 0 Å². The molecule has 8 N–H and O–H groups in total. The van der Waals surface area contributed by atoms with Crippen molar-refractivity contribution >= 4 is 28.2 Å². The van der Waals surface area contributed by atoms with Gasteiger partial charge in [-0.2, -0.15) is 5.10 Å². The number of rotatable bonds is 3. The predicted molar refractivity (Wildman–Crippen MR) is 79.8 cm³/mol. The van der Waals surface area contributed by atoms with Crippen molar-refractivity contribution in [2.75, 3.05) is 16.9 Å². The van der Waals surface area contributed by atoms with Crippen molar-refractivity contribution in [3.8, 4) is 0 Å². The zero-order valence-corrected chi connectivity index (χ0v) is 10.7. The lowest BCUT2D eigenvalue weighted by Gasteiger charge is -2.11. The van der Waals surface area contributed by atoms with Crippen molar-refractivity contribution in [1.82, 2.24) is 15.2 Å². The van der Waals surface area contributed by atoms with Crippen molar-refractivity contribution in [3.63, 3.8) is 0 Å². The number of aromatic nitrogens is 3. The number of hydrazine groups is 1. The van der Waals surface area contributed by atoms with Crippen LogP contribution in [0.4, 0.5) is 17.3 Å². The van der Waals surface area contributed by atoms with Crippen LogP contribution in [0.1, 0.15) is 11.1 Å². The largest absolute Gasteiger partial charge is 0.395 e. The second-order valence-electron chi connectivity index (χ2n) is 4.58. The Morgan fingerprint density at radius 3 is 2.85 bits per heavy atom. The standard InChI is InChI=1S/C13H15N7/c14-11-5-8(12(15)13(18-11)19-16)3-7-1-2-10-9(4-7)6-17-20-10/h1-2,4-6H,3,15-16H2,(H,17,20)(H3,14,18,19). The zero-order chi connectivity index (χ0) is 14.1. The minimum atomic E-state index is 0.381. The van der Waals surface area contributed by atoms with Crippen molar-refractivity contribution < 1.29 is 0 Å². The van der Waals surface area contributed by atoms with Gasteiger partial charge in [0.25, 0.3) is 0 Å². The summed E-state index contributed by atoms with van der Waals surface area (Å²) >= 11 is 0. The molecule has 3 aromatic rings. The molecule has 0 aliphatic heterocycles. The third-order valence-corrected chi connectivity index (χ3v) is 3.20. The molecular weight excluding hydrogens is 254 g/mol. The van der Waals surface area contributed by atoms with Gasteiger partial charge in [-0.15, -0.1) is 0 Å². The number of H-pyrrole nitrogens is 1. The van der Waals surface area contributed by atoms with Crippen LogP contribution in [0.3, 0.4) is 0 Å². The lowest BCUT2D eigenvalue weighted by Crippen LogP contribution is -2.13. The van der Waals surface area contributed by atoms with Gasteiger partial charge >= 0.3 is 0 Å². The van der Waals surface area contributed by atoms with Crippen molar-refractivity contribution in [2.45, 2.75) is 6.42 Å². The molecule has 0 aliphatic carbocycles. The molecule has 0 radical (unpaired) electrons. The van der Waals surface area contributed by atoms with E-state index in [4.69, 9.17) is 17.3 Å². The van der Waals surface area contributed by atoms with Crippen LogP contribution in [0.5, 0.6) is 0 Å². The maximum atomic E-state index is 6.02. The van der Waals surface area contributed by atoms with Crippen LogP contribution in [-0.4, -0.2) is 15.2 Å². The summed E-state index contributed by atoms with van der Waals surface area (Å²) in [7, 11) is 0. The Balaban J connectivity index is 1.99. The number of benzene rings is 1. The van der Waals surface area contributed by atoms with Gasteiger partial charge in [-0.3, -0.25) is 5.10 Å². The van der Waals surface area contributed by atoms with Gasteiger partial charge in [0.15, 0.2) is 5.82 Å². The van der Waals surface area contributed by atoms with E-state index in [0.29, 0.717) is 23.7 Å². The average molecular weight is 269 g/mol. The molecule has 0 spiro atoms. The maximum absolute atomic E-state index is 6.02. The molecule has 2 heterocycles. The van der Waals surface area contributed by atoms with Gasteiger partial charge in [-0.25, -0.2) is 10.8 Å². The lowest BCUT2D eigenvalue weighted by molar-refractivity contribution is 1.12. The molecule has 3 rings (SSSR count). The van der Waals surface area contributed by atoms with Gasteiger partial charge in [0, 0.05) is 5.39 Å². The molecule has 0 aliphatic rings. The fourth-order valence-corrected chi connectivity index (χ4v) is 2.21. The highest BCUT2D eigenvalue weighted by atomic mass is 15.3. The van der Waals surface area contributed by atoms with E-state index in [1.54, 1.807) is 12.3 Å². The highest BCUT2D eigenvalue weighted by Gasteiger charge is 2.09. The number of nitrogens with zero attached hydrogens (tertiary/aromatic N) is 2. The molecule has 0 saturated carbocycles. The Morgan fingerprint density at radius 1 is 1.20 bits per heavy atom. The number of hydrogen-bond donors (Lipinski definition) is 5. The number of nitrogens with two attached hydrogens (primary N) is 3. The molecule has 2 aromatic heterocycles. The number of nitrogen functional groups attached to an aromatic ring is 3. The molecule has 1 aromatic carbocycles. The normalized spacial score (nSPS) is 10.8. The summed E-state index contributed by atoms with van der Waals surface area (Å²) in [5.41, 5.74) is 17.7. The Bertz CT molecular complexity index is 763. The SMILES string of the molecule is NNc1nc(N)cc(Cc2ccc3[nH]ncc3c2)c1N. The van der Waals surface area contributed by atoms with Gasteiger partial charge in [-0.05, 0) is 35.7 Å². The average Bonchev–Trinajstić information content (AvgIpc) is 2.90. The first-order chi connectivity index (χ1) is 9.67. The molecule has 0 unspecified atom stereocenters. The van der Waals surface area contributed by atoms with Gasteiger partial charge in [0.2, 0.25) is 0 Å². The number of aromatic amines is 1. The Morgan fingerprint density at radius 2 is 2.05 bits per heavy atom. The molecule has 0 atom stereocenters. The third kappa shape index (κ3) is 2.10. The number of nitrogens with one attached hydrogen (secondary N) is 2. The van der Waals surface area contributed by atoms with Crippen LogP contribution < -0.4 is 22.7 Å². The third-order valence-electron chi connectivity index (χ3n) is 3.20. The minimum absolute atomic E-state index is 0.381. The molecule has 7 heteroatoms. The molecule has 102 valence electrons. The monoisotopic (exact) mass is 269 g/mol. The van der Waals surface area contributed by atoms with E-state index in [2.05, 4.69) is 26.7 Å². The summed E-state index contributed by atoms with van der Waals surface area (Å²) in [5, 5.41) is 7.98. The zero-order valence-electron chi connectivity index (χ0n) is 10.7. The molecule has 0 fully saturated rings. The second-order valence-corrected chi connectivity index (χ2v) is 4.58. The molecule has 7 nitrogen and oxygen atoms in total. The van der Waals surface area contributed by atoms with Crippen molar-refractivity contribution in [2.24, 2.45) is 5.84 Å². The summed E-state index contributed by atoms with van der Waals surface area (Å²) in [6.45, 7) is 0. The maximum Gasteiger partial charge on any atom is 0.165 e. The molecule has 0 amide bonds. The molecule has 0 saturated heterocycles.